The fourth-order valence-corrected chi connectivity index (χ4v) is 5.52. The van der Waals surface area contributed by atoms with E-state index < -0.39 is 5.60 Å². The fraction of sp³-hybridized carbons (Fsp3) is 0.300. The van der Waals surface area contributed by atoms with Gasteiger partial charge in [-0.2, -0.15) is 5.10 Å². The Labute approximate surface area is 231 Å². The van der Waals surface area contributed by atoms with E-state index in [-0.39, 0.29) is 11.6 Å². The van der Waals surface area contributed by atoms with Crippen LogP contribution >= 0.6 is 0 Å². The van der Waals surface area contributed by atoms with Gasteiger partial charge in [0.2, 0.25) is 0 Å². The molecule has 0 atom stereocenters. The smallest absolute Gasteiger partial charge is 0.410 e. The molecule has 1 N–H and O–H groups in total. The number of carbonyl (C=O) groups excluding carboxylic acids is 1. The van der Waals surface area contributed by atoms with Crippen molar-refractivity contribution in [3.05, 3.63) is 73.2 Å². The molecule has 0 aliphatic carbocycles. The second kappa shape index (κ2) is 8.90. The van der Waals surface area contributed by atoms with Crippen LogP contribution in [-0.4, -0.2) is 66.5 Å². The Hall–Kier alpha value is -4.73. The molecular formula is C30H30N8O2. The van der Waals surface area contributed by atoms with Gasteiger partial charge in [-0.05, 0) is 69.7 Å². The third kappa shape index (κ3) is 4.16. The van der Waals surface area contributed by atoms with Crippen LogP contribution in [0.15, 0.2) is 73.2 Å². The van der Waals surface area contributed by atoms with Crippen LogP contribution in [0, 0.1) is 0 Å². The number of carbonyl (C=O) groups is 1. The number of rotatable bonds is 4. The number of nitrogens with zero attached hydrogens (tertiary/aromatic N) is 7. The first-order valence-electron chi connectivity index (χ1n) is 13.5. The van der Waals surface area contributed by atoms with Crippen LogP contribution in [0.3, 0.4) is 0 Å². The van der Waals surface area contributed by atoms with Gasteiger partial charge in [0.25, 0.3) is 0 Å². The maximum Gasteiger partial charge on any atom is 0.410 e. The average molecular weight is 535 g/mol. The standard InChI is InChI=1S/C30H30N8O2/c1-29(2,3)40-28(39)37-14-13-30(37)17-36(18-30)25-12-10-23-26(35-25)27(32-19-31-23)34-21-9-11-24-20(15-21)16-33-38(24)22-7-5-4-6-8-22/h4-12,15-16,19H,13-14,17-18H2,1-3H3,(H,31,32,34). The van der Waals surface area contributed by atoms with Gasteiger partial charge in [0, 0.05) is 30.7 Å². The maximum absolute atomic E-state index is 12.7. The Kier molecular flexibility index (Phi) is 5.41. The van der Waals surface area contributed by atoms with Crippen molar-refractivity contribution in [2.45, 2.75) is 38.3 Å². The molecule has 2 aliphatic heterocycles. The van der Waals surface area contributed by atoms with Crippen molar-refractivity contribution >= 4 is 45.4 Å². The van der Waals surface area contributed by atoms with Crippen molar-refractivity contribution < 1.29 is 9.53 Å². The molecule has 2 aromatic carbocycles. The summed E-state index contributed by atoms with van der Waals surface area (Å²) in [6, 6.07) is 20.1. The number of anilines is 3. The monoisotopic (exact) mass is 534 g/mol. The zero-order chi connectivity index (χ0) is 27.5. The van der Waals surface area contributed by atoms with Crippen molar-refractivity contribution in [2.75, 3.05) is 29.9 Å². The lowest BCUT2D eigenvalue weighted by Gasteiger charge is -2.62. The molecule has 10 heteroatoms. The van der Waals surface area contributed by atoms with E-state index in [2.05, 4.69) is 37.4 Å². The first kappa shape index (κ1) is 24.3. The molecule has 0 unspecified atom stereocenters. The number of benzene rings is 2. The lowest BCUT2D eigenvalue weighted by molar-refractivity contribution is -0.0562. The first-order chi connectivity index (χ1) is 19.3. The molecule has 3 aromatic heterocycles. The van der Waals surface area contributed by atoms with Crippen LogP contribution in [0.2, 0.25) is 0 Å². The molecule has 1 spiro atoms. The summed E-state index contributed by atoms with van der Waals surface area (Å²) in [5.41, 5.74) is 3.69. The van der Waals surface area contributed by atoms with E-state index in [0.29, 0.717) is 11.3 Å². The van der Waals surface area contributed by atoms with Gasteiger partial charge in [-0.25, -0.2) is 24.4 Å². The molecule has 7 rings (SSSR count). The van der Waals surface area contributed by atoms with E-state index >= 15 is 0 Å². The van der Waals surface area contributed by atoms with Crippen LogP contribution in [0.1, 0.15) is 27.2 Å². The number of hydrogen-bond donors (Lipinski definition) is 1. The molecular weight excluding hydrogens is 504 g/mol. The van der Waals surface area contributed by atoms with Crippen molar-refractivity contribution in [3.63, 3.8) is 0 Å². The summed E-state index contributed by atoms with van der Waals surface area (Å²) in [5, 5.41) is 9.03. The maximum atomic E-state index is 12.7. The summed E-state index contributed by atoms with van der Waals surface area (Å²) >= 11 is 0. The molecule has 2 aliphatic rings. The lowest BCUT2D eigenvalue weighted by Crippen LogP contribution is -2.78. The quantitative estimate of drug-likeness (QED) is 0.331. The number of ether oxygens (including phenoxy) is 1. The second-order valence-electron chi connectivity index (χ2n) is 11.5. The first-order valence-corrected chi connectivity index (χ1v) is 13.5. The lowest BCUT2D eigenvalue weighted by atomic mass is 9.78. The highest BCUT2D eigenvalue weighted by Gasteiger charge is 2.56. The normalized spacial score (nSPS) is 16.2. The van der Waals surface area contributed by atoms with Crippen LogP contribution in [-0.2, 0) is 4.74 Å². The predicted molar refractivity (Wildman–Crippen MR) is 154 cm³/mol. The Morgan fingerprint density at radius 2 is 1.85 bits per heavy atom. The number of aromatic nitrogens is 5. The van der Waals surface area contributed by atoms with E-state index in [0.717, 1.165) is 59.7 Å². The molecule has 10 nitrogen and oxygen atoms in total. The largest absolute Gasteiger partial charge is 0.444 e. The topological polar surface area (TPSA) is 101 Å². The van der Waals surface area contributed by atoms with Crippen LogP contribution < -0.4 is 10.2 Å². The molecule has 5 aromatic rings. The number of fused-ring (bicyclic) bond motifs is 2. The average Bonchev–Trinajstić information content (AvgIpc) is 3.30. The van der Waals surface area contributed by atoms with Crippen molar-refractivity contribution in [2.24, 2.45) is 0 Å². The fourth-order valence-electron chi connectivity index (χ4n) is 5.52. The van der Waals surface area contributed by atoms with Gasteiger partial charge < -0.3 is 15.0 Å². The summed E-state index contributed by atoms with van der Waals surface area (Å²) in [6.45, 7) is 7.86. The second-order valence-corrected chi connectivity index (χ2v) is 11.5. The van der Waals surface area contributed by atoms with E-state index in [1.807, 2.05) is 85.1 Å². The number of likely N-dealkylation sites (tertiary alicyclic amines) is 1. The van der Waals surface area contributed by atoms with Gasteiger partial charge in [0.1, 0.15) is 23.3 Å². The molecule has 0 radical (unpaired) electrons. The number of nitrogens with one attached hydrogen (secondary N) is 1. The summed E-state index contributed by atoms with van der Waals surface area (Å²) < 4.78 is 7.55. The van der Waals surface area contributed by atoms with E-state index in [1.54, 1.807) is 6.33 Å². The molecule has 0 saturated carbocycles. The summed E-state index contributed by atoms with van der Waals surface area (Å²) in [6.07, 6.45) is 4.14. The highest BCUT2D eigenvalue weighted by molar-refractivity contribution is 5.90. The Morgan fingerprint density at radius 3 is 2.60 bits per heavy atom. The predicted octanol–water partition coefficient (Wildman–Crippen LogP) is 5.31. The zero-order valence-corrected chi connectivity index (χ0v) is 22.7. The van der Waals surface area contributed by atoms with Gasteiger partial charge >= 0.3 is 6.09 Å². The number of hydrogen-bond acceptors (Lipinski definition) is 8. The summed E-state index contributed by atoms with van der Waals surface area (Å²) in [7, 11) is 0. The van der Waals surface area contributed by atoms with Crippen LogP contribution in [0.25, 0.3) is 27.6 Å². The van der Waals surface area contributed by atoms with Crippen molar-refractivity contribution in [3.8, 4) is 5.69 Å². The highest BCUT2D eigenvalue weighted by Crippen LogP contribution is 2.42. The number of para-hydroxylation sites is 1. The van der Waals surface area contributed by atoms with E-state index in [1.165, 1.54) is 0 Å². The Balaban J connectivity index is 1.11. The molecule has 5 heterocycles. The van der Waals surface area contributed by atoms with Gasteiger partial charge in [-0.15, -0.1) is 0 Å². The Morgan fingerprint density at radius 1 is 1.02 bits per heavy atom. The van der Waals surface area contributed by atoms with Gasteiger partial charge in [-0.3, -0.25) is 4.90 Å². The Bertz CT molecular complexity index is 1740. The van der Waals surface area contributed by atoms with Crippen LogP contribution in [0.5, 0.6) is 0 Å². The molecule has 40 heavy (non-hydrogen) atoms. The highest BCUT2D eigenvalue weighted by atomic mass is 16.6. The third-order valence-corrected chi connectivity index (χ3v) is 7.58. The zero-order valence-electron chi connectivity index (χ0n) is 22.7. The molecule has 2 saturated heterocycles. The van der Waals surface area contributed by atoms with Gasteiger partial charge in [-0.1, -0.05) is 18.2 Å². The van der Waals surface area contributed by atoms with Gasteiger partial charge in [0.15, 0.2) is 5.82 Å². The molecule has 0 bridgehead atoms. The van der Waals surface area contributed by atoms with E-state index in [9.17, 15) is 4.79 Å². The number of amides is 1. The minimum atomic E-state index is -0.506. The van der Waals surface area contributed by atoms with Crippen molar-refractivity contribution in [1.29, 1.82) is 0 Å². The molecule has 202 valence electrons. The minimum absolute atomic E-state index is 0.174. The minimum Gasteiger partial charge on any atom is -0.444 e. The molecule has 1 amide bonds. The van der Waals surface area contributed by atoms with Crippen molar-refractivity contribution in [1.82, 2.24) is 29.6 Å². The third-order valence-electron chi connectivity index (χ3n) is 7.58. The number of pyridine rings is 1. The van der Waals surface area contributed by atoms with Gasteiger partial charge in [0.05, 0.1) is 28.5 Å². The summed E-state index contributed by atoms with van der Waals surface area (Å²) in [5.74, 6) is 1.47. The summed E-state index contributed by atoms with van der Waals surface area (Å²) in [4.78, 5) is 30.6. The van der Waals surface area contributed by atoms with E-state index in [4.69, 9.17) is 9.72 Å². The SMILES string of the molecule is CC(C)(C)OC(=O)N1CCC12CN(c1ccc3ncnc(Nc4ccc5c(cnn5-c5ccccc5)c4)c3n1)C2. The molecule has 2 fully saturated rings. The van der Waals surface area contributed by atoms with Crippen LogP contribution in [0.4, 0.5) is 22.1 Å².